The van der Waals surface area contributed by atoms with Crippen LogP contribution in [0.4, 0.5) is 10.1 Å². The van der Waals surface area contributed by atoms with Crippen LogP contribution in [0.15, 0.2) is 54.6 Å². The van der Waals surface area contributed by atoms with Gasteiger partial charge in [-0.2, -0.15) is 0 Å². The molecule has 1 N–H and O–H groups in total. The van der Waals surface area contributed by atoms with Crippen molar-refractivity contribution in [3.8, 4) is 0 Å². The number of rotatable bonds is 11. The molecule has 2 aromatic rings. The fourth-order valence-electron chi connectivity index (χ4n) is 3.31. The van der Waals surface area contributed by atoms with Crippen molar-refractivity contribution in [2.75, 3.05) is 23.7 Å². The van der Waals surface area contributed by atoms with E-state index in [0.29, 0.717) is 13.0 Å². The van der Waals surface area contributed by atoms with Gasteiger partial charge in [-0.15, -0.1) is 0 Å². The highest BCUT2D eigenvalue weighted by Crippen LogP contribution is 2.20. The molecule has 0 aliphatic carbocycles. The molecule has 0 unspecified atom stereocenters. The van der Waals surface area contributed by atoms with Crippen LogP contribution in [0.25, 0.3) is 0 Å². The number of hydrogen-bond acceptors (Lipinski definition) is 4. The maximum atomic E-state index is 13.7. The maximum Gasteiger partial charge on any atom is 0.244 e. The molecule has 0 spiro atoms. The fraction of sp³-hybridized carbons (Fsp3) is 0.391. The molecule has 0 saturated carbocycles. The molecule has 0 radical (unpaired) electrons. The molecule has 9 heteroatoms. The molecule has 174 valence electrons. The Balaban J connectivity index is 2.39. The van der Waals surface area contributed by atoms with Gasteiger partial charge in [-0.25, -0.2) is 12.8 Å². The molecule has 2 amide bonds. The zero-order chi connectivity index (χ0) is 23.7. The van der Waals surface area contributed by atoms with Crippen molar-refractivity contribution in [3.05, 3.63) is 66.0 Å². The first kappa shape index (κ1) is 25.3. The molecule has 0 saturated heterocycles. The van der Waals surface area contributed by atoms with Crippen LogP contribution in [0.2, 0.25) is 0 Å². The van der Waals surface area contributed by atoms with Crippen LogP contribution >= 0.6 is 0 Å². The summed E-state index contributed by atoms with van der Waals surface area (Å²) in [6.07, 6.45) is 2.06. The number of carbonyl (C=O) groups excluding carboxylic acids is 2. The van der Waals surface area contributed by atoms with Gasteiger partial charge in [0.2, 0.25) is 21.8 Å². The molecule has 2 rings (SSSR count). The van der Waals surface area contributed by atoms with Crippen LogP contribution < -0.4 is 9.62 Å². The Kier molecular flexibility index (Phi) is 9.19. The van der Waals surface area contributed by atoms with Gasteiger partial charge in [0.15, 0.2) is 0 Å². The molecule has 0 bridgehead atoms. The Morgan fingerprint density at radius 2 is 1.75 bits per heavy atom. The van der Waals surface area contributed by atoms with Gasteiger partial charge in [-0.05, 0) is 36.6 Å². The smallest absolute Gasteiger partial charge is 0.244 e. The third-order valence-electron chi connectivity index (χ3n) is 4.91. The van der Waals surface area contributed by atoms with E-state index in [2.05, 4.69) is 5.32 Å². The van der Waals surface area contributed by atoms with E-state index in [1.807, 2.05) is 37.3 Å². The number of carbonyl (C=O) groups is 2. The number of anilines is 1. The molecule has 32 heavy (non-hydrogen) atoms. The highest BCUT2D eigenvalue weighted by molar-refractivity contribution is 7.92. The molecular formula is C23H30FN3O4S. The summed E-state index contributed by atoms with van der Waals surface area (Å²) in [4.78, 5) is 27.6. The second kappa shape index (κ2) is 11.6. The first-order valence-electron chi connectivity index (χ1n) is 10.5. The quantitative estimate of drug-likeness (QED) is 0.555. The van der Waals surface area contributed by atoms with Crippen LogP contribution in [-0.4, -0.2) is 50.5 Å². The minimum atomic E-state index is -3.88. The predicted molar refractivity (Wildman–Crippen MR) is 123 cm³/mol. The zero-order valence-corrected chi connectivity index (χ0v) is 19.4. The molecule has 2 aromatic carbocycles. The summed E-state index contributed by atoms with van der Waals surface area (Å²) in [5.41, 5.74) is 0.850. The van der Waals surface area contributed by atoms with Crippen LogP contribution in [0.1, 0.15) is 32.3 Å². The van der Waals surface area contributed by atoms with Crippen LogP contribution in [0, 0.1) is 5.82 Å². The van der Waals surface area contributed by atoms with Crippen molar-refractivity contribution in [1.82, 2.24) is 10.2 Å². The van der Waals surface area contributed by atoms with Crippen molar-refractivity contribution in [1.29, 1.82) is 0 Å². The van der Waals surface area contributed by atoms with E-state index in [4.69, 9.17) is 0 Å². The summed E-state index contributed by atoms with van der Waals surface area (Å²) >= 11 is 0. The van der Waals surface area contributed by atoms with Gasteiger partial charge in [0, 0.05) is 13.1 Å². The van der Waals surface area contributed by atoms with Crippen molar-refractivity contribution >= 4 is 27.5 Å². The Morgan fingerprint density at radius 3 is 2.31 bits per heavy atom. The van der Waals surface area contributed by atoms with Crippen molar-refractivity contribution < 1.29 is 22.4 Å². The molecular weight excluding hydrogens is 433 g/mol. The van der Waals surface area contributed by atoms with Crippen LogP contribution in [0.5, 0.6) is 0 Å². The second-order valence-corrected chi connectivity index (χ2v) is 9.38. The summed E-state index contributed by atoms with van der Waals surface area (Å²) in [7, 11) is -3.88. The normalized spacial score (nSPS) is 12.1. The van der Waals surface area contributed by atoms with Crippen LogP contribution in [-0.2, 0) is 26.2 Å². The molecule has 7 nitrogen and oxygen atoms in total. The third-order valence-corrected chi connectivity index (χ3v) is 6.05. The molecule has 0 heterocycles. The summed E-state index contributed by atoms with van der Waals surface area (Å²) < 4.78 is 39.4. The Morgan fingerprint density at radius 1 is 1.06 bits per heavy atom. The first-order chi connectivity index (χ1) is 15.2. The summed E-state index contributed by atoms with van der Waals surface area (Å²) in [6.45, 7) is 3.78. The largest absolute Gasteiger partial charge is 0.354 e. The minimum absolute atomic E-state index is 0.0454. The Hall–Kier alpha value is -2.94. The Labute approximate surface area is 189 Å². The van der Waals surface area contributed by atoms with E-state index in [-0.39, 0.29) is 18.1 Å². The monoisotopic (exact) mass is 463 g/mol. The number of hydrogen-bond donors (Lipinski definition) is 1. The fourth-order valence-corrected chi connectivity index (χ4v) is 4.15. The lowest BCUT2D eigenvalue weighted by molar-refractivity contribution is -0.140. The summed E-state index contributed by atoms with van der Waals surface area (Å²) in [5.74, 6) is -1.47. The number of halogens is 1. The molecule has 1 atom stereocenters. The van der Waals surface area contributed by atoms with Gasteiger partial charge in [0.25, 0.3) is 0 Å². The van der Waals surface area contributed by atoms with E-state index in [0.717, 1.165) is 28.6 Å². The first-order valence-corrected chi connectivity index (χ1v) is 12.4. The van der Waals surface area contributed by atoms with Crippen LogP contribution in [0.3, 0.4) is 0 Å². The van der Waals surface area contributed by atoms with Gasteiger partial charge in [-0.1, -0.05) is 50.2 Å². The lowest BCUT2D eigenvalue weighted by Gasteiger charge is -2.32. The predicted octanol–water partition coefficient (Wildman–Crippen LogP) is 2.93. The standard InChI is InChI=1S/C23H30FN3O4S/c1-4-14-25-23(29)21(5-2)26(16-18-10-7-6-8-11-18)22(28)17-27(32(3,30)31)20-13-9-12-19(24)15-20/h6-13,15,21H,4-5,14,16-17H2,1-3H3,(H,25,29)/t21-/m1/s1. The van der Waals surface area contributed by atoms with E-state index >= 15 is 0 Å². The average Bonchev–Trinajstić information content (AvgIpc) is 2.75. The Bertz CT molecular complexity index is 1010. The topological polar surface area (TPSA) is 86.8 Å². The van der Waals surface area contributed by atoms with E-state index in [9.17, 15) is 22.4 Å². The van der Waals surface area contributed by atoms with Crippen molar-refractivity contribution in [2.45, 2.75) is 39.3 Å². The van der Waals surface area contributed by atoms with Gasteiger partial charge in [-0.3, -0.25) is 13.9 Å². The highest BCUT2D eigenvalue weighted by atomic mass is 32.2. The third kappa shape index (κ3) is 7.05. The zero-order valence-electron chi connectivity index (χ0n) is 18.6. The van der Waals surface area contributed by atoms with E-state index < -0.39 is 34.3 Å². The minimum Gasteiger partial charge on any atom is -0.354 e. The number of nitrogens with one attached hydrogen (secondary N) is 1. The number of nitrogens with zero attached hydrogens (tertiary/aromatic N) is 2. The highest BCUT2D eigenvalue weighted by Gasteiger charge is 2.31. The molecule has 0 aliphatic heterocycles. The van der Waals surface area contributed by atoms with Crippen molar-refractivity contribution in [2.24, 2.45) is 0 Å². The van der Waals surface area contributed by atoms with Gasteiger partial charge < -0.3 is 10.2 Å². The summed E-state index contributed by atoms with van der Waals surface area (Å²) in [6, 6.07) is 13.4. The van der Waals surface area contributed by atoms with Crippen molar-refractivity contribution in [3.63, 3.8) is 0 Å². The summed E-state index contributed by atoms with van der Waals surface area (Å²) in [5, 5.41) is 2.81. The molecule has 0 aromatic heterocycles. The number of benzene rings is 2. The molecule has 0 aliphatic rings. The number of sulfonamides is 1. The SMILES string of the molecule is CCCNC(=O)[C@@H](CC)N(Cc1ccccc1)C(=O)CN(c1cccc(F)c1)S(C)(=O)=O. The molecule has 0 fully saturated rings. The lowest BCUT2D eigenvalue weighted by atomic mass is 10.1. The van der Waals surface area contributed by atoms with E-state index in [1.54, 1.807) is 6.92 Å². The number of amides is 2. The average molecular weight is 464 g/mol. The van der Waals surface area contributed by atoms with Gasteiger partial charge in [0.05, 0.1) is 11.9 Å². The van der Waals surface area contributed by atoms with Gasteiger partial charge in [0.1, 0.15) is 18.4 Å². The maximum absolute atomic E-state index is 13.7. The van der Waals surface area contributed by atoms with E-state index in [1.165, 1.54) is 23.1 Å². The second-order valence-electron chi connectivity index (χ2n) is 7.47. The van der Waals surface area contributed by atoms with Gasteiger partial charge >= 0.3 is 0 Å². The lowest BCUT2D eigenvalue weighted by Crippen LogP contribution is -2.52.